The lowest BCUT2D eigenvalue weighted by atomic mass is 9.97. The number of rotatable bonds is 6. The standard InChI is InChI=1S/C31H28FN3O3/c1-37-24-14-8-21(9-15-24)28-26-5-3-4-18-34-27(20-6-10-22(32)11-7-20)19-35(31(26)34)29(28)30(36)33-23-12-16-25(38-2)17-13-23/h6-17,19H,3-5,18H2,1-2H3,(H,33,36). The van der Waals surface area contributed by atoms with Crippen molar-refractivity contribution in [2.24, 2.45) is 0 Å². The summed E-state index contributed by atoms with van der Waals surface area (Å²) in [4.78, 5) is 14.0. The van der Waals surface area contributed by atoms with Crippen LogP contribution in [0.3, 0.4) is 0 Å². The summed E-state index contributed by atoms with van der Waals surface area (Å²) in [6.45, 7) is 0.821. The second kappa shape index (κ2) is 9.74. The van der Waals surface area contributed by atoms with Crippen LogP contribution in [-0.4, -0.2) is 29.1 Å². The third kappa shape index (κ3) is 4.10. The molecule has 0 saturated heterocycles. The molecule has 7 heteroatoms. The minimum absolute atomic E-state index is 0.203. The summed E-state index contributed by atoms with van der Waals surface area (Å²) in [6, 6.07) is 21.7. The summed E-state index contributed by atoms with van der Waals surface area (Å²) in [7, 11) is 3.25. The van der Waals surface area contributed by atoms with Gasteiger partial charge in [-0.2, -0.15) is 0 Å². The average molecular weight is 510 g/mol. The maximum atomic E-state index is 14.0. The van der Waals surface area contributed by atoms with Crippen LogP contribution in [0.15, 0.2) is 79.0 Å². The zero-order chi connectivity index (χ0) is 26.2. The van der Waals surface area contributed by atoms with Gasteiger partial charge in [-0.15, -0.1) is 0 Å². The molecule has 5 aromatic rings. The van der Waals surface area contributed by atoms with Gasteiger partial charge in [-0.05, 0) is 91.1 Å². The van der Waals surface area contributed by atoms with E-state index >= 15 is 0 Å². The van der Waals surface area contributed by atoms with Crippen LogP contribution in [0, 0.1) is 5.82 Å². The van der Waals surface area contributed by atoms with Crippen molar-refractivity contribution < 1.29 is 18.7 Å². The Balaban J connectivity index is 1.56. The Labute approximate surface area is 220 Å². The van der Waals surface area contributed by atoms with Crippen LogP contribution in [0.25, 0.3) is 28.0 Å². The molecule has 6 rings (SSSR count). The topological polar surface area (TPSA) is 56.9 Å². The number of nitrogens with one attached hydrogen (secondary N) is 1. The van der Waals surface area contributed by atoms with Gasteiger partial charge in [0.25, 0.3) is 5.91 Å². The number of benzene rings is 3. The summed E-state index contributed by atoms with van der Waals surface area (Å²) in [6.07, 6.45) is 4.89. The minimum Gasteiger partial charge on any atom is -0.497 e. The highest BCUT2D eigenvalue weighted by Crippen LogP contribution is 2.40. The number of hydrogen-bond donors (Lipinski definition) is 1. The van der Waals surface area contributed by atoms with Crippen LogP contribution in [0.5, 0.6) is 11.5 Å². The van der Waals surface area contributed by atoms with Gasteiger partial charge in [0.2, 0.25) is 0 Å². The highest BCUT2D eigenvalue weighted by Gasteiger charge is 2.29. The number of carbonyl (C=O) groups is 1. The number of amides is 1. The smallest absolute Gasteiger partial charge is 0.273 e. The van der Waals surface area contributed by atoms with Crippen LogP contribution < -0.4 is 14.8 Å². The largest absolute Gasteiger partial charge is 0.497 e. The van der Waals surface area contributed by atoms with E-state index in [0.29, 0.717) is 11.4 Å². The second-order valence-electron chi connectivity index (χ2n) is 9.44. The molecule has 2 aromatic heterocycles. The predicted octanol–water partition coefficient (Wildman–Crippen LogP) is 6.82. The molecule has 0 spiro atoms. The van der Waals surface area contributed by atoms with E-state index in [-0.39, 0.29) is 11.7 Å². The molecule has 3 aromatic carbocycles. The van der Waals surface area contributed by atoms with Crippen molar-refractivity contribution >= 4 is 17.2 Å². The molecule has 0 fully saturated rings. The lowest BCUT2D eigenvalue weighted by Crippen LogP contribution is -2.15. The maximum absolute atomic E-state index is 14.0. The number of ether oxygens (including phenoxy) is 2. The fourth-order valence-electron chi connectivity index (χ4n) is 5.39. The lowest BCUT2D eigenvalue weighted by Gasteiger charge is -2.11. The molecular formula is C31H28FN3O3. The van der Waals surface area contributed by atoms with E-state index in [1.807, 2.05) is 59.1 Å². The van der Waals surface area contributed by atoms with Crippen LogP contribution in [-0.2, 0) is 13.0 Å². The number of aryl methyl sites for hydroxylation is 2. The summed E-state index contributed by atoms with van der Waals surface area (Å²) >= 11 is 0. The zero-order valence-electron chi connectivity index (χ0n) is 21.3. The van der Waals surface area contributed by atoms with Crippen molar-refractivity contribution in [2.45, 2.75) is 25.8 Å². The molecule has 1 aliphatic heterocycles. The molecule has 0 atom stereocenters. The van der Waals surface area contributed by atoms with Crippen molar-refractivity contribution in [3.05, 3.63) is 96.1 Å². The van der Waals surface area contributed by atoms with E-state index in [0.717, 1.165) is 70.9 Å². The quantitative estimate of drug-likeness (QED) is 0.273. The Bertz CT molecular complexity index is 1610. The number of hydrogen-bond acceptors (Lipinski definition) is 3. The van der Waals surface area contributed by atoms with Crippen LogP contribution in [0.4, 0.5) is 10.1 Å². The molecular weight excluding hydrogens is 481 g/mol. The number of imidazole rings is 1. The Morgan fingerprint density at radius 1 is 0.842 bits per heavy atom. The number of nitrogens with zero attached hydrogens (tertiary/aromatic N) is 2. The van der Waals surface area contributed by atoms with Gasteiger partial charge in [0, 0.05) is 29.6 Å². The Morgan fingerprint density at radius 2 is 1.47 bits per heavy atom. The molecule has 6 nitrogen and oxygen atoms in total. The van der Waals surface area contributed by atoms with Gasteiger partial charge in [0.15, 0.2) is 0 Å². The molecule has 1 aliphatic rings. The molecule has 0 saturated carbocycles. The highest BCUT2D eigenvalue weighted by atomic mass is 19.1. The molecule has 0 bridgehead atoms. The fourth-order valence-corrected chi connectivity index (χ4v) is 5.39. The van der Waals surface area contributed by atoms with Crippen molar-refractivity contribution in [2.75, 3.05) is 19.5 Å². The Morgan fingerprint density at radius 3 is 2.13 bits per heavy atom. The molecule has 0 unspecified atom stereocenters. The molecule has 0 aliphatic carbocycles. The SMILES string of the molecule is COc1ccc(NC(=O)c2c(-c3ccc(OC)cc3)c3c4n(c(-c5ccc(F)cc5)cn24)CCCC3)cc1. The van der Waals surface area contributed by atoms with Crippen molar-refractivity contribution in [3.63, 3.8) is 0 Å². The molecule has 1 amide bonds. The van der Waals surface area contributed by atoms with Crippen molar-refractivity contribution in [1.29, 1.82) is 0 Å². The molecule has 0 radical (unpaired) electrons. The Hall–Kier alpha value is -4.52. The van der Waals surface area contributed by atoms with Gasteiger partial charge >= 0.3 is 0 Å². The molecule has 1 N–H and O–H groups in total. The summed E-state index contributed by atoms with van der Waals surface area (Å²) in [5.41, 5.74) is 7.15. The van der Waals surface area contributed by atoms with E-state index < -0.39 is 0 Å². The Kier molecular flexibility index (Phi) is 6.12. The number of aromatic nitrogens is 2. The zero-order valence-corrected chi connectivity index (χ0v) is 21.3. The first-order valence-electron chi connectivity index (χ1n) is 12.7. The molecule has 192 valence electrons. The lowest BCUT2D eigenvalue weighted by molar-refractivity contribution is 0.102. The summed E-state index contributed by atoms with van der Waals surface area (Å²) in [5.74, 6) is 1.00. The van der Waals surface area contributed by atoms with Gasteiger partial charge < -0.3 is 19.4 Å². The predicted molar refractivity (Wildman–Crippen MR) is 147 cm³/mol. The van der Waals surface area contributed by atoms with Crippen LogP contribution in [0.2, 0.25) is 0 Å². The average Bonchev–Trinajstić information content (AvgIpc) is 3.37. The number of halogens is 1. The van der Waals surface area contributed by atoms with Crippen molar-refractivity contribution in [3.8, 4) is 33.9 Å². The van der Waals surface area contributed by atoms with E-state index in [1.165, 1.54) is 12.1 Å². The second-order valence-corrected chi connectivity index (χ2v) is 9.44. The normalized spacial score (nSPS) is 12.8. The summed E-state index contributed by atoms with van der Waals surface area (Å²) < 4.78 is 28.6. The maximum Gasteiger partial charge on any atom is 0.273 e. The van der Waals surface area contributed by atoms with Gasteiger partial charge in [-0.25, -0.2) is 4.39 Å². The number of carbonyl (C=O) groups excluding carboxylic acids is 1. The van der Waals surface area contributed by atoms with Gasteiger partial charge in [-0.1, -0.05) is 12.1 Å². The highest BCUT2D eigenvalue weighted by molar-refractivity contribution is 6.10. The van der Waals surface area contributed by atoms with Gasteiger partial charge in [-0.3, -0.25) is 9.20 Å². The van der Waals surface area contributed by atoms with Gasteiger partial charge in [0.05, 0.1) is 19.9 Å². The number of anilines is 1. The molecule has 38 heavy (non-hydrogen) atoms. The van der Waals surface area contributed by atoms with E-state index in [4.69, 9.17) is 9.47 Å². The van der Waals surface area contributed by atoms with E-state index in [2.05, 4.69) is 9.88 Å². The first-order valence-corrected chi connectivity index (χ1v) is 12.7. The minimum atomic E-state index is -0.273. The number of methoxy groups -OCH3 is 2. The van der Waals surface area contributed by atoms with Crippen molar-refractivity contribution in [1.82, 2.24) is 8.97 Å². The third-order valence-corrected chi connectivity index (χ3v) is 7.22. The monoisotopic (exact) mass is 509 g/mol. The van der Waals surface area contributed by atoms with E-state index in [9.17, 15) is 9.18 Å². The van der Waals surface area contributed by atoms with Gasteiger partial charge in [0.1, 0.15) is 28.7 Å². The van der Waals surface area contributed by atoms with Crippen LogP contribution >= 0.6 is 0 Å². The van der Waals surface area contributed by atoms with E-state index in [1.54, 1.807) is 26.4 Å². The van der Waals surface area contributed by atoms with Crippen LogP contribution in [0.1, 0.15) is 28.9 Å². The fraction of sp³-hybridized carbons (Fsp3) is 0.194. The first-order chi connectivity index (χ1) is 18.6. The first kappa shape index (κ1) is 23.9. The third-order valence-electron chi connectivity index (χ3n) is 7.22. The summed E-state index contributed by atoms with van der Waals surface area (Å²) in [5, 5.41) is 3.08. The molecule has 3 heterocycles.